The molecule has 0 bridgehead atoms. The van der Waals surface area contributed by atoms with Crippen molar-refractivity contribution in [2.24, 2.45) is 0 Å². The lowest BCUT2D eigenvalue weighted by Gasteiger charge is -2.07. The Morgan fingerprint density at radius 1 is 0.769 bits per heavy atom. The van der Waals surface area contributed by atoms with Crippen LogP contribution < -0.4 is 0 Å². The van der Waals surface area contributed by atoms with Gasteiger partial charge in [0.2, 0.25) is 0 Å². The van der Waals surface area contributed by atoms with Crippen LogP contribution in [0.1, 0.15) is 51.4 Å². The molecule has 1 atom stereocenters. The topological polar surface area (TPSA) is 26.3 Å². The fourth-order valence-corrected chi connectivity index (χ4v) is 2.75. The summed E-state index contributed by atoms with van der Waals surface area (Å²) < 4.78 is 16.5. The molecule has 3 heteroatoms. The van der Waals surface area contributed by atoms with Crippen molar-refractivity contribution < 1.29 is 9.09 Å². The Hall–Kier alpha value is 0.190. The van der Waals surface area contributed by atoms with Gasteiger partial charge >= 0.3 is 0 Å². The Bertz CT molecular complexity index is 134. The molecule has 1 fully saturated rings. The predicted octanol–water partition coefficient (Wildman–Crippen LogP) is 3.61. The van der Waals surface area contributed by atoms with Crippen molar-refractivity contribution in [1.29, 1.82) is 0 Å². The number of hydrogen-bond acceptors (Lipinski definition) is 2. The Morgan fingerprint density at radius 2 is 1.31 bits per heavy atom. The van der Waals surface area contributed by atoms with E-state index in [4.69, 9.17) is 4.52 Å². The lowest BCUT2D eigenvalue weighted by molar-refractivity contribution is 0.313. The monoisotopic (exact) mass is 204 g/mol. The SMILES string of the molecule is O=[PH]1CCCCCCCCCCO1. The molecule has 0 spiro atoms. The van der Waals surface area contributed by atoms with Gasteiger partial charge in [-0.3, -0.25) is 4.57 Å². The highest BCUT2D eigenvalue weighted by Crippen LogP contribution is 2.25. The van der Waals surface area contributed by atoms with Crippen LogP contribution >= 0.6 is 8.03 Å². The highest BCUT2D eigenvalue weighted by atomic mass is 31.1. The highest BCUT2D eigenvalue weighted by molar-refractivity contribution is 7.39. The molecule has 1 aliphatic rings. The second-order valence-corrected chi connectivity index (χ2v) is 5.33. The second-order valence-electron chi connectivity index (χ2n) is 3.80. The molecule has 0 aliphatic carbocycles. The van der Waals surface area contributed by atoms with Gasteiger partial charge in [0.25, 0.3) is 0 Å². The van der Waals surface area contributed by atoms with E-state index in [1.165, 1.54) is 38.5 Å². The van der Waals surface area contributed by atoms with E-state index < -0.39 is 8.03 Å². The molecule has 0 saturated carbocycles. The van der Waals surface area contributed by atoms with E-state index in [0.29, 0.717) is 0 Å². The zero-order valence-corrected chi connectivity index (χ0v) is 9.39. The zero-order valence-electron chi connectivity index (χ0n) is 8.39. The highest BCUT2D eigenvalue weighted by Gasteiger charge is 2.01. The van der Waals surface area contributed by atoms with E-state index in [-0.39, 0.29) is 0 Å². The summed E-state index contributed by atoms with van der Waals surface area (Å²) in [6.07, 6.45) is 10.9. The van der Waals surface area contributed by atoms with Gasteiger partial charge in [-0.05, 0) is 12.8 Å². The van der Waals surface area contributed by atoms with Crippen molar-refractivity contribution in [3.63, 3.8) is 0 Å². The van der Waals surface area contributed by atoms with Gasteiger partial charge in [0.1, 0.15) is 0 Å². The van der Waals surface area contributed by atoms with E-state index in [2.05, 4.69) is 0 Å². The summed E-state index contributed by atoms with van der Waals surface area (Å²) in [5.74, 6) is 0. The first kappa shape index (κ1) is 11.3. The van der Waals surface area contributed by atoms with Crippen LogP contribution in [0.2, 0.25) is 0 Å². The van der Waals surface area contributed by atoms with Crippen LogP contribution in [-0.2, 0) is 9.09 Å². The first-order chi connectivity index (χ1) is 6.39. The molecule has 0 aromatic rings. The Labute approximate surface area is 81.9 Å². The van der Waals surface area contributed by atoms with Gasteiger partial charge < -0.3 is 4.52 Å². The lowest BCUT2D eigenvalue weighted by Crippen LogP contribution is -1.92. The quantitative estimate of drug-likeness (QED) is 0.563. The summed E-state index contributed by atoms with van der Waals surface area (Å²) >= 11 is 0. The summed E-state index contributed by atoms with van der Waals surface area (Å²) in [5.41, 5.74) is 0. The average molecular weight is 204 g/mol. The van der Waals surface area contributed by atoms with Crippen LogP contribution in [0.5, 0.6) is 0 Å². The van der Waals surface area contributed by atoms with Crippen molar-refractivity contribution in [3.05, 3.63) is 0 Å². The van der Waals surface area contributed by atoms with Crippen LogP contribution in [0, 0.1) is 0 Å². The maximum absolute atomic E-state index is 11.3. The van der Waals surface area contributed by atoms with Gasteiger partial charge in [0, 0.05) is 6.16 Å². The predicted molar refractivity (Wildman–Crippen MR) is 56.8 cm³/mol. The lowest BCUT2D eigenvalue weighted by atomic mass is 10.1. The third-order valence-corrected chi connectivity index (χ3v) is 3.83. The van der Waals surface area contributed by atoms with Crippen LogP contribution in [0.4, 0.5) is 0 Å². The minimum atomic E-state index is -1.67. The molecule has 2 nitrogen and oxygen atoms in total. The van der Waals surface area contributed by atoms with Crippen LogP contribution in [0.25, 0.3) is 0 Å². The molecular formula is C10H21O2P. The first-order valence-corrected chi connectivity index (χ1v) is 7.07. The molecule has 0 aromatic heterocycles. The van der Waals surface area contributed by atoms with Crippen LogP contribution in [0.3, 0.4) is 0 Å². The minimum absolute atomic E-state index is 0.720. The third-order valence-electron chi connectivity index (χ3n) is 2.54. The second kappa shape index (κ2) is 7.58. The number of rotatable bonds is 0. The van der Waals surface area contributed by atoms with E-state index in [1.807, 2.05) is 0 Å². The molecular weight excluding hydrogens is 183 g/mol. The molecule has 0 amide bonds. The van der Waals surface area contributed by atoms with Crippen molar-refractivity contribution in [1.82, 2.24) is 0 Å². The Morgan fingerprint density at radius 3 is 2.00 bits per heavy atom. The Balaban J connectivity index is 2.14. The largest absolute Gasteiger partial charge is 0.330 e. The molecule has 0 radical (unpaired) electrons. The zero-order chi connectivity index (χ0) is 9.36. The van der Waals surface area contributed by atoms with Crippen molar-refractivity contribution >= 4 is 8.03 Å². The minimum Gasteiger partial charge on any atom is -0.330 e. The van der Waals surface area contributed by atoms with E-state index in [9.17, 15) is 4.57 Å². The molecule has 78 valence electrons. The van der Waals surface area contributed by atoms with Gasteiger partial charge in [0.05, 0.1) is 6.61 Å². The normalized spacial score (nSPS) is 28.8. The summed E-state index contributed by atoms with van der Waals surface area (Å²) in [6, 6.07) is 0. The van der Waals surface area contributed by atoms with Crippen molar-refractivity contribution in [2.75, 3.05) is 12.8 Å². The summed E-state index contributed by atoms with van der Waals surface area (Å²) in [6.45, 7) is 0.720. The van der Waals surface area contributed by atoms with Crippen molar-refractivity contribution in [3.8, 4) is 0 Å². The van der Waals surface area contributed by atoms with Gasteiger partial charge in [-0.1, -0.05) is 38.5 Å². The number of hydrogen-bond donors (Lipinski definition) is 0. The molecule has 1 aliphatic heterocycles. The molecule has 1 unspecified atom stereocenters. The maximum atomic E-state index is 11.3. The fraction of sp³-hybridized carbons (Fsp3) is 1.00. The average Bonchev–Trinajstić information content (AvgIpc) is 2.11. The maximum Gasteiger partial charge on any atom is 0.191 e. The summed E-state index contributed by atoms with van der Waals surface area (Å²) in [7, 11) is -1.67. The fourth-order valence-electron chi connectivity index (χ4n) is 1.69. The van der Waals surface area contributed by atoms with Crippen LogP contribution in [0.15, 0.2) is 0 Å². The van der Waals surface area contributed by atoms with E-state index in [1.54, 1.807) is 0 Å². The summed E-state index contributed by atoms with van der Waals surface area (Å²) in [4.78, 5) is 0. The molecule has 1 saturated heterocycles. The van der Waals surface area contributed by atoms with Gasteiger partial charge in [-0.25, -0.2) is 0 Å². The molecule has 13 heavy (non-hydrogen) atoms. The van der Waals surface area contributed by atoms with Gasteiger partial charge in [-0.2, -0.15) is 0 Å². The summed E-state index contributed by atoms with van der Waals surface area (Å²) in [5, 5.41) is 0. The molecule has 0 N–H and O–H groups in total. The Kier molecular flexibility index (Phi) is 6.57. The van der Waals surface area contributed by atoms with Gasteiger partial charge in [-0.15, -0.1) is 0 Å². The van der Waals surface area contributed by atoms with E-state index in [0.717, 1.165) is 25.6 Å². The smallest absolute Gasteiger partial charge is 0.191 e. The first-order valence-electron chi connectivity index (χ1n) is 5.55. The third kappa shape index (κ3) is 6.29. The molecule has 1 rings (SSSR count). The van der Waals surface area contributed by atoms with Crippen LogP contribution in [-0.4, -0.2) is 12.8 Å². The molecule has 1 heterocycles. The molecule has 0 aromatic carbocycles. The standard InChI is InChI=1S/C10H21O2P/c11-13-10-8-6-4-2-1-3-5-7-9-12-13/h13H,1-10H2. The van der Waals surface area contributed by atoms with E-state index >= 15 is 0 Å². The van der Waals surface area contributed by atoms with Gasteiger partial charge in [0.15, 0.2) is 8.03 Å². The van der Waals surface area contributed by atoms with Crippen molar-refractivity contribution in [2.45, 2.75) is 51.4 Å².